The van der Waals surface area contributed by atoms with Crippen LogP contribution >= 0.6 is 11.6 Å². The Hall–Kier alpha value is -1.32. The second-order valence-corrected chi connectivity index (χ2v) is 4.20. The molecule has 0 aliphatic rings. The van der Waals surface area contributed by atoms with Crippen LogP contribution in [0, 0.1) is 0 Å². The first-order valence-electron chi connectivity index (χ1n) is 5.21. The Kier molecular flexibility index (Phi) is 3.27. The van der Waals surface area contributed by atoms with Crippen molar-refractivity contribution in [3.8, 4) is 5.69 Å². The van der Waals surface area contributed by atoms with Gasteiger partial charge in [0.05, 0.1) is 22.7 Å². The zero-order valence-corrected chi connectivity index (χ0v) is 9.85. The molecule has 0 radical (unpaired) electrons. The van der Waals surface area contributed by atoms with Crippen LogP contribution in [0.3, 0.4) is 0 Å². The van der Waals surface area contributed by atoms with Crippen molar-refractivity contribution in [2.24, 2.45) is 5.73 Å². The van der Waals surface area contributed by atoms with Gasteiger partial charge in [-0.05, 0) is 12.1 Å². The molecule has 1 unspecified atom stereocenters. The van der Waals surface area contributed by atoms with E-state index in [9.17, 15) is 0 Å². The minimum absolute atomic E-state index is 0.267. The molecule has 0 saturated carbocycles. The molecule has 16 heavy (non-hydrogen) atoms. The van der Waals surface area contributed by atoms with Crippen LogP contribution in [-0.2, 0) is 0 Å². The smallest absolute Gasteiger partial charge is 0.0995 e. The van der Waals surface area contributed by atoms with Crippen molar-refractivity contribution in [3.63, 3.8) is 0 Å². The molecule has 0 bridgehead atoms. The van der Waals surface area contributed by atoms with Gasteiger partial charge in [0.15, 0.2) is 0 Å². The second kappa shape index (κ2) is 4.68. The summed E-state index contributed by atoms with van der Waals surface area (Å²) in [5.41, 5.74) is 7.53. The van der Waals surface area contributed by atoms with Crippen molar-refractivity contribution in [1.82, 2.24) is 9.55 Å². The summed E-state index contributed by atoms with van der Waals surface area (Å²) >= 11 is 6.11. The van der Waals surface area contributed by atoms with Gasteiger partial charge in [-0.2, -0.15) is 0 Å². The number of hydrogen-bond acceptors (Lipinski definition) is 2. The van der Waals surface area contributed by atoms with Crippen LogP contribution in [0.1, 0.15) is 18.5 Å². The molecule has 1 aromatic heterocycles. The Morgan fingerprint density at radius 1 is 1.44 bits per heavy atom. The fourth-order valence-electron chi connectivity index (χ4n) is 1.51. The molecule has 0 aliphatic heterocycles. The quantitative estimate of drug-likeness (QED) is 0.889. The molecule has 84 valence electrons. The molecule has 2 N–H and O–H groups in total. The number of hydrogen-bond donors (Lipinski definition) is 1. The molecular formula is C12H14ClN3. The van der Waals surface area contributed by atoms with Gasteiger partial charge in [0.25, 0.3) is 0 Å². The highest BCUT2D eigenvalue weighted by atomic mass is 35.5. The van der Waals surface area contributed by atoms with Gasteiger partial charge in [-0.15, -0.1) is 0 Å². The third-order valence-corrected chi connectivity index (χ3v) is 2.91. The van der Waals surface area contributed by atoms with E-state index in [4.69, 9.17) is 17.3 Å². The summed E-state index contributed by atoms with van der Waals surface area (Å²) < 4.78 is 1.92. The highest BCUT2D eigenvalue weighted by molar-refractivity contribution is 6.32. The minimum atomic E-state index is 0.267. The lowest BCUT2D eigenvalue weighted by atomic mass is 10.1. The summed E-state index contributed by atoms with van der Waals surface area (Å²) in [6.45, 7) is 2.65. The zero-order valence-electron chi connectivity index (χ0n) is 9.10. The Bertz CT molecular complexity index is 479. The predicted octanol–water partition coefficient (Wildman–Crippen LogP) is 2.59. The van der Waals surface area contributed by atoms with Gasteiger partial charge in [-0.3, -0.25) is 0 Å². The Balaban J connectivity index is 2.35. The lowest BCUT2D eigenvalue weighted by molar-refractivity contribution is 0.750. The summed E-state index contributed by atoms with van der Waals surface area (Å²) in [7, 11) is 0. The molecule has 0 amide bonds. The van der Waals surface area contributed by atoms with Crippen LogP contribution in [0.15, 0.2) is 36.8 Å². The zero-order chi connectivity index (χ0) is 11.5. The normalized spacial score (nSPS) is 12.7. The van der Waals surface area contributed by atoms with Gasteiger partial charge >= 0.3 is 0 Å². The summed E-state index contributed by atoms with van der Waals surface area (Å²) in [6.07, 6.45) is 3.74. The predicted molar refractivity (Wildman–Crippen MR) is 66.0 cm³/mol. The van der Waals surface area contributed by atoms with Gasteiger partial charge in [0.1, 0.15) is 0 Å². The van der Waals surface area contributed by atoms with Crippen molar-refractivity contribution in [2.45, 2.75) is 12.8 Å². The van der Waals surface area contributed by atoms with Gasteiger partial charge in [0.2, 0.25) is 0 Å². The maximum atomic E-state index is 6.11. The number of halogens is 1. The van der Waals surface area contributed by atoms with E-state index in [0.717, 1.165) is 11.4 Å². The Morgan fingerprint density at radius 3 is 2.88 bits per heavy atom. The van der Waals surface area contributed by atoms with Crippen LogP contribution in [-0.4, -0.2) is 16.1 Å². The SMILES string of the molecule is CC(CN)c1cn(-c2ccccc2Cl)cn1. The number of nitrogens with zero attached hydrogens (tertiary/aromatic N) is 2. The molecule has 0 spiro atoms. The van der Waals surface area contributed by atoms with Crippen molar-refractivity contribution in [2.75, 3.05) is 6.54 Å². The summed E-state index contributed by atoms with van der Waals surface area (Å²) in [4.78, 5) is 4.33. The van der Waals surface area contributed by atoms with Crippen molar-refractivity contribution >= 4 is 11.6 Å². The van der Waals surface area contributed by atoms with Crippen molar-refractivity contribution < 1.29 is 0 Å². The van der Waals surface area contributed by atoms with E-state index in [1.165, 1.54) is 0 Å². The lowest BCUT2D eigenvalue weighted by Crippen LogP contribution is -2.08. The molecule has 2 aromatic rings. The maximum Gasteiger partial charge on any atom is 0.0995 e. The van der Waals surface area contributed by atoms with Crippen LogP contribution in [0.5, 0.6) is 0 Å². The standard InChI is InChI=1S/C12H14ClN3/c1-9(6-14)11-7-16(8-15-11)12-5-3-2-4-10(12)13/h2-5,7-9H,6,14H2,1H3. The lowest BCUT2D eigenvalue weighted by Gasteiger charge is -2.05. The molecule has 0 fully saturated rings. The first-order chi connectivity index (χ1) is 7.72. The average Bonchev–Trinajstić information content (AvgIpc) is 2.78. The molecule has 0 saturated heterocycles. The molecule has 0 aliphatic carbocycles. The average molecular weight is 236 g/mol. The van der Waals surface area contributed by atoms with Crippen molar-refractivity contribution in [1.29, 1.82) is 0 Å². The van der Waals surface area contributed by atoms with E-state index in [1.807, 2.05) is 35.0 Å². The number of imidazole rings is 1. The van der Waals surface area contributed by atoms with E-state index in [1.54, 1.807) is 6.33 Å². The first-order valence-corrected chi connectivity index (χ1v) is 5.59. The largest absolute Gasteiger partial charge is 0.330 e. The Morgan fingerprint density at radius 2 is 2.19 bits per heavy atom. The van der Waals surface area contributed by atoms with Crippen molar-refractivity contribution in [3.05, 3.63) is 47.5 Å². The van der Waals surface area contributed by atoms with E-state index < -0.39 is 0 Å². The third-order valence-electron chi connectivity index (χ3n) is 2.59. The second-order valence-electron chi connectivity index (χ2n) is 3.79. The van der Waals surface area contributed by atoms with E-state index in [-0.39, 0.29) is 5.92 Å². The fourth-order valence-corrected chi connectivity index (χ4v) is 1.74. The monoisotopic (exact) mass is 235 g/mol. The van der Waals surface area contributed by atoms with Crippen LogP contribution < -0.4 is 5.73 Å². The topological polar surface area (TPSA) is 43.8 Å². The van der Waals surface area contributed by atoms with Gasteiger partial charge in [-0.1, -0.05) is 30.7 Å². The molecule has 4 heteroatoms. The van der Waals surface area contributed by atoms with Gasteiger partial charge < -0.3 is 10.3 Å². The molecule has 1 heterocycles. The molecule has 1 atom stereocenters. The third kappa shape index (κ3) is 2.10. The van der Waals surface area contributed by atoms with E-state index in [0.29, 0.717) is 11.6 Å². The number of benzene rings is 1. The number of para-hydroxylation sites is 1. The van der Waals surface area contributed by atoms with Gasteiger partial charge in [-0.25, -0.2) is 4.98 Å². The molecular weight excluding hydrogens is 222 g/mol. The number of aromatic nitrogens is 2. The highest BCUT2D eigenvalue weighted by Gasteiger charge is 2.08. The highest BCUT2D eigenvalue weighted by Crippen LogP contribution is 2.21. The van der Waals surface area contributed by atoms with E-state index >= 15 is 0 Å². The van der Waals surface area contributed by atoms with E-state index in [2.05, 4.69) is 11.9 Å². The van der Waals surface area contributed by atoms with Crippen LogP contribution in [0.4, 0.5) is 0 Å². The first kappa shape index (κ1) is 11.2. The molecule has 1 aromatic carbocycles. The Labute approximate surface area is 99.9 Å². The summed E-state index contributed by atoms with van der Waals surface area (Å²) in [6, 6.07) is 7.68. The van der Waals surface area contributed by atoms with Crippen LogP contribution in [0.25, 0.3) is 5.69 Å². The number of rotatable bonds is 3. The van der Waals surface area contributed by atoms with Crippen LogP contribution in [0.2, 0.25) is 5.02 Å². The maximum absolute atomic E-state index is 6.11. The van der Waals surface area contributed by atoms with Gasteiger partial charge in [0, 0.05) is 18.7 Å². The summed E-state index contributed by atoms with van der Waals surface area (Å²) in [5.74, 6) is 0.267. The summed E-state index contributed by atoms with van der Waals surface area (Å²) in [5, 5.41) is 0.715. The number of nitrogens with two attached hydrogens (primary N) is 1. The molecule has 3 nitrogen and oxygen atoms in total. The minimum Gasteiger partial charge on any atom is -0.330 e. The fraction of sp³-hybridized carbons (Fsp3) is 0.250. The molecule has 2 rings (SSSR count).